The second kappa shape index (κ2) is 7.76. The highest BCUT2D eigenvalue weighted by atomic mass is 35.5. The van der Waals surface area contributed by atoms with Gasteiger partial charge in [-0.05, 0) is 36.9 Å². The van der Waals surface area contributed by atoms with Crippen molar-refractivity contribution in [2.75, 3.05) is 18.5 Å². The van der Waals surface area contributed by atoms with E-state index < -0.39 is 0 Å². The van der Waals surface area contributed by atoms with Gasteiger partial charge < -0.3 is 10.4 Å². The van der Waals surface area contributed by atoms with Crippen molar-refractivity contribution in [3.63, 3.8) is 0 Å². The minimum Gasteiger partial charge on any atom is -0.396 e. The maximum atomic E-state index is 8.73. The van der Waals surface area contributed by atoms with Crippen molar-refractivity contribution >= 4 is 39.0 Å². The van der Waals surface area contributed by atoms with Crippen molar-refractivity contribution in [2.24, 2.45) is 0 Å². The molecule has 0 saturated heterocycles. The van der Waals surface area contributed by atoms with E-state index >= 15 is 0 Å². The van der Waals surface area contributed by atoms with Gasteiger partial charge in [-0.3, -0.25) is 0 Å². The molecule has 4 nitrogen and oxygen atoms in total. The van der Waals surface area contributed by atoms with Gasteiger partial charge >= 0.3 is 0 Å². The largest absolute Gasteiger partial charge is 0.396 e. The summed E-state index contributed by atoms with van der Waals surface area (Å²) in [5.41, 5.74) is 0. The van der Waals surface area contributed by atoms with E-state index in [0.717, 1.165) is 54.7 Å². The summed E-state index contributed by atoms with van der Waals surface area (Å²) in [6, 6.07) is 2.14. The number of anilines is 1. The number of aliphatic hydroxyl groups excluding tert-OH is 1. The fourth-order valence-electron chi connectivity index (χ4n) is 2.05. The summed E-state index contributed by atoms with van der Waals surface area (Å²) in [5, 5.41) is 13.4. The summed E-state index contributed by atoms with van der Waals surface area (Å²) in [7, 11) is 0. The van der Waals surface area contributed by atoms with Crippen molar-refractivity contribution in [2.45, 2.75) is 39.0 Å². The Labute approximate surface area is 128 Å². The summed E-state index contributed by atoms with van der Waals surface area (Å²) in [4.78, 5) is 10.8. The van der Waals surface area contributed by atoms with Gasteiger partial charge in [-0.15, -0.1) is 11.3 Å². The lowest BCUT2D eigenvalue weighted by Gasteiger charge is -2.06. The summed E-state index contributed by atoms with van der Waals surface area (Å²) in [5.74, 6) is 0.832. The van der Waals surface area contributed by atoms with Gasteiger partial charge in [-0.25, -0.2) is 9.97 Å². The minimum absolute atomic E-state index is 0.282. The van der Waals surface area contributed by atoms with Gasteiger partial charge in [0.25, 0.3) is 0 Å². The van der Waals surface area contributed by atoms with E-state index in [0.29, 0.717) is 5.28 Å². The zero-order chi connectivity index (χ0) is 14.4. The van der Waals surface area contributed by atoms with Crippen LogP contribution in [-0.4, -0.2) is 28.2 Å². The number of nitrogens with one attached hydrogen (secondary N) is 1. The molecule has 0 radical (unpaired) electrons. The molecule has 2 aromatic heterocycles. The maximum Gasteiger partial charge on any atom is 0.225 e. The van der Waals surface area contributed by atoms with Crippen LogP contribution in [0.3, 0.4) is 0 Å². The highest BCUT2D eigenvalue weighted by Crippen LogP contribution is 2.30. The average Bonchev–Trinajstić information content (AvgIpc) is 2.85. The van der Waals surface area contributed by atoms with Gasteiger partial charge in [0.05, 0.1) is 5.39 Å². The van der Waals surface area contributed by atoms with E-state index in [4.69, 9.17) is 16.7 Å². The van der Waals surface area contributed by atoms with Gasteiger partial charge in [-0.1, -0.05) is 19.8 Å². The first kappa shape index (κ1) is 15.5. The van der Waals surface area contributed by atoms with Crippen LogP contribution in [0.5, 0.6) is 0 Å². The van der Waals surface area contributed by atoms with E-state index in [1.54, 1.807) is 11.3 Å². The van der Waals surface area contributed by atoms with E-state index in [1.165, 1.54) is 4.88 Å². The average molecular weight is 314 g/mol. The first-order valence-corrected chi connectivity index (χ1v) is 8.24. The molecule has 0 bridgehead atoms. The highest BCUT2D eigenvalue weighted by molar-refractivity contribution is 7.18. The number of aromatic nitrogens is 2. The topological polar surface area (TPSA) is 58.0 Å². The highest BCUT2D eigenvalue weighted by Gasteiger charge is 2.10. The summed E-state index contributed by atoms with van der Waals surface area (Å²) >= 11 is 7.65. The Morgan fingerprint density at radius 1 is 1.25 bits per heavy atom. The maximum absolute atomic E-state index is 8.73. The molecule has 2 N–H and O–H groups in total. The molecule has 6 heteroatoms. The van der Waals surface area contributed by atoms with Crippen LogP contribution in [0.1, 0.15) is 37.5 Å². The molecule has 2 rings (SSSR count). The standard InChI is InChI=1S/C14H20ClN3OS/c1-2-10-9-11-12(16-7-5-3-4-6-8-19)17-14(15)18-13(11)20-10/h9,19H,2-8H2,1H3,(H,16,17,18). The number of aryl methyl sites for hydroxylation is 1. The van der Waals surface area contributed by atoms with Crippen LogP contribution in [0.15, 0.2) is 6.07 Å². The number of hydrogen-bond acceptors (Lipinski definition) is 5. The summed E-state index contributed by atoms with van der Waals surface area (Å²) in [6.45, 7) is 3.28. The molecule has 0 saturated carbocycles. The van der Waals surface area contributed by atoms with Crippen molar-refractivity contribution in [3.8, 4) is 0 Å². The molecule has 0 spiro atoms. The lowest BCUT2D eigenvalue weighted by molar-refractivity contribution is 0.283. The third-order valence-corrected chi connectivity index (χ3v) is 4.48. The first-order valence-electron chi connectivity index (χ1n) is 7.05. The van der Waals surface area contributed by atoms with Crippen LogP contribution < -0.4 is 5.32 Å². The van der Waals surface area contributed by atoms with Crippen molar-refractivity contribution in [1.82, 2.24) is 9.97 Å². The van der Waals surface area contributed by atoms with Gasteiger partial charge in [0.2, 0.25) is 5.28 Å². The summed E-state index contributed by atoms with van der Waals surface area (Å²) in [6.07, 6.45) is 5.12. The first-order chi connectivity index (χ1) is 9.74. The zero-order valence-corrected chi connectivity index (χ0v) is 13.2. The van der Waals surface area contributed by atoms with Crippen molar-refractivity contribution in [3.05, 3.63) is 16.2 Å². The van der Waals surface area contributed by atoms with Crippen molar-refractivity contribution < 1.29 is 5.11 Å². The van der Waals surface area contributed by atoms with Crippen LogP contribution in [0.25, 0.3) is 10.2 Å². The van der Waals surface area contributed by atoms with Gasteiger partial charge in [0, 0.05) is 18.0 Å². The number of hydrogen-bond donors (Lipinski definition) is 2. The summed E-state index contributed by atoms with van der Waals surface area (Å²) < 4.78 is 0. The van der Waals surface area contributed by atoms with Gasteiger partial charge in [-0.2, -0.15) is 0 Å². The second-order valence-electron chi connectivity index (χ2n) is 4.69. The SMILES string of the molecule is CCc1cc2c(NCCCCCCO)nc(Cl)nc2s1. The number of nitrogens with zero attached hydrogens (tertiary/aromatic N) is 2. The minimum atomic E-state index is 0.282. The molecular weight excluding hydrogens is 294 g/mol. The van der Waals surface area contributed by atoms with E-state index in [9.17, 15) is 0 Å². The van der Waals surface area contributed by atoms with Gasteiger partial charge in [0.15, 0.2) is 0 Å². The molecule has 0 fully saturated rings. The Kier molecular flexibility index (Phi) is 6.01. The molecular formula is C14H20ClN3OS. The number of fused-ring (bicyclic) bond motifs is 1. The molecule has 0 unspecified atom stereocenters. The normalized spacial score (nSPS) is 11.2. The third kappa shape index (κ3) is 4.04. The molecule has 20 heavy (non-hydrogen) atoms. The van der Waals surface area contributed by atoms with Gasteiger partial charge in [0.1, 0.15) is 10.6 Å². The lowest BCUT2D eigenvalue weighted by atomic mass is 10.2. The Balaban J connectivity index is 1.99. The van der Waals surface area contributed by atoms with Crippen LogP contribution in [0.2, 0.25) is 5.28 Å². The third-order valence-electron chi connectivity index (χ3n) is 3.14. The second-order valence-corrected chi connectivity index (χ2v) is 6.14. The number of rotatable bonds is 8. The molecule has 0 atom stereocenters. The fraction of sp³-hybridized carbons (Fsp3) is 0.571. The van der Waals surface area contributed by atoms with Crippen LogP contribution >= 0.6 is 22.9 Å². The molecule has 0 aliphatic rings. The zero-order valence-electron chi connectivity index (χ0n) is 11.7. The quantitative estimate of drug-likeness (QED) is 0.574. The Hall–Kier alpha value is -0.910. The van der Waals surface area contributed by atoms with E-state index in [1.807, 2.05) is 0 Å². The molecule has 0 amide bonds. The lowest BCUT2D eigenvalue weighted by Crippen LogP contribution is -2.04. The number of aliphatic hydroxyl groups is 1. The van der Waals surface area contributed by atoms with Crippen LogP contribution in [0, 0.1) is 0 Å². The molecule has 0 aromatic carbocycles. The van der Waals surface area contributed by atoms with Crippen LogP contribution in [0.4, 0.5) is 5.82 Å². The van der Waals surface area contributed by atoms with E-state index in [2.05, 4.69) is 28.3 Å². The van der Waals surface area contributed by atoms with Crippen molar-refractivity contribution in [1.29, 1.82) is 0 Å². The predicted molar refractivity (Wildman–Crippen MR) is 85.8 cm³/mol. The molecule has 2 aromatic rings. The predicted octanol–water partition coefficient (Wildman–Crippen LogP) is 3.87. The number of thiophene rings is 1. The smallest absolute Gasteiger partial charge is 0.225 e. The van der Waals surface area contributed by atoms with E-state index in [-0.39, 0.29) is 6.61 Å². The molecule has 0 aliphatic carbocycles. The molecule has 0 aliphatic heterocycles. The Morgan fingerprint density at radius 3 is 2.80 bits per heavy atom. The number of halogens is 1. The Morgan fingerprint density at radius 2 is 2.05 bits per heavy atom. The monoisotopic (exact) mass is 313 g/mol. The number of unbranched alkanes of at least 4 members (excludes halogenated alkanes) is 3. The Bertz CT molecular complexity index is 559. The molecule has 2 heterocycles. The fourth-order valence-corrected chi connectivity index (χ4v) is 3.24. The molecule has 110 valence electrons. The van der Waals surface area contributed by atoms with Crippen LogP contribution in [-0.2, 0) is 6.42 Å².